The van der Waals surface area contributed by atoms with Crippen molar-refractivity contribution in [2.45, 2.75) is 26.4 Å². The summed E-state index contributed by atoms with van der Waals surface area (Å²) in [5.41, 5.74) is 0. The second-order valence-corrected chi connectivity index (χ2v) is 2.62. The van der Waals surface area contributed by atoms with Crippen LogP contribution in [0, 0.1) is 0 Å². The highest BCUT2D eigenvalue weighted by molar-refractivity contribution is 4.70. The van der Waals surface area contributed by atoms with Gasteiger partial charge in [0.15, 0.2) is 0 Å². The van der Waals surface area contributed by atoms with E-state index in [2.05, 4.69) is 6.58 Å². The van der Waals surface area contributed by atoms with Crippen LogP contribution < -0.4 is 0 Å². The Labute approximate surface area is 74.6 Å². The van der Waals surface area contributed by atoms with E-state index in [1.807, 2.05) is 13.8 Å². The van der Waals surface area contributed by atoms with Crippen LogP contribution >= 0.6 is 0 Å². The van der Waals surface area contributed by atoms with Crippen LogP contribution in [0.25, 0.3) is 0 Å². The molecular weight excluding hydrogens is 154 g/mol. The van der Waals surface area contributed by atoms with E-state index >= 15 is 0 Å². The summed E-state index contributed by atoms with van der Waals surface area (Å²) in [6.45, 7) is 9.32. The average Bonchev–Trinajstić information content (AvgIpc) is 2.05. The summed E-state index contributed by atoms with van der Waals surface area (Å²) in [5, 5.41) is 11.0. The summed E-state index contributed by atoms with van der Waals surface area (Å²) in [5.74, 6) is 0. The van der Waals surface area contributed by atoms with E-state index in [4.69, 9.17) is 4.84 Å². The number of aliphatic hydroxyl groups is 1. The second-order valence-electron chi connectivity index (χ2n) is 2.62. The number of hydrogen-bond donors (Lipinski definition) is 1. The first kappa shape index (κ1) is 11.6. The molecule has 3 nitrogen and oxygen atoms in total. The summed E-state index contributed by atoms with van der Waals surface area (Å²) < 4.78 is 0. The van der Waals surface area contributed by atoms with Crippen molar-refractivity contribution < 1.29 is 9.94 Å². The van der Waals surface area contributed by atoms with Gasteiger partial charge >= 0.3 is 0 Å². The van der Waals surface area contributed by atoms with E-state index < -0.39 is 0 Å². The molecule has 0 aliphatic heterocycles. The molecule has 0 aromatic carbocycles. The van der Waals surface area contributed by atoms with Gasteiger partial charge in [-0.2, -0.15) is 5.06 Å². The minimum atomic E-state index is -0.309. The van der Waals surface area contributed by atoms with E-state index in [-0.39, 0.29) is 6.10 Å². The molecule has 0 aromatic heterocycles. The lowest BCUT2D eigenvalue weighted by Gasteiger charge is -2.21. The van der Waals surface area contributed by atoms with Gasteiger partial charge in [0.1, 0.15) is 0 Å². The van der Waals surface area contributed by atoms with Crippen LogP contribution in [-0.4, -0.2) is 36.0 Å². The number of aliphatic hydroxyl groups excluding tert-OH is 1. The van der Waals surface area contributed by atoms with Crippen LogP contribution in [-0.2, 0) is 4.84 Å². The van der Waals surface area contributed by atoms with E-state index in [1.54, 1.807) is 11.1 Å². The SMILES string of the molecule is C=CCN(CC(O)CC)OCC. The Kier molecular flexibility index (Phi) is 7.05. The molecule has 0 saturated heterocycles. The molecule has 0 heterocycles. The summed E-state index contributed by atoms with van der Waals surface area (Å²) in [6, 6.07) is 0. The van der Waals surface area contributed by atoms with Crippen LogP contribution in [0.1, 0.15) is 20.3 Å². The lowest BCUT2D eigenvalue weighted by molar-refractivity contribution is -0.161. The highest BCUT2D eigenvalue weighted by Crippen LogP contribution is 1.97. The zero-order valence-electron chi connectivity index (χ0n) is 7.99. The van der Waals surface area contributed by atoms with E-state index in [9.17, 15) is 5.11 Å². The van der Waals surface area contributed by atoms with Gasteiger partial charge in [0.2, 0.25) is 0 Å². The van der Waals surface area contributed by atoms with Crippen molar-refractivity contribution in [3.8, 4) is 0 Å². The number of nitrogens with zero attached hydrogens (tertiary/aromatic N) is 1. The predicted molar refractivity (Wildman–Crippen MR) is 49.7 cm³/mol. The Bertz CT molecular complexity index is 117. The van der Waals surface area contributed by atoms with Crippen LogP contribution in [0.2, 0.25) is 0 Å². The molecule has 1 unspecified atom stereocenters. The second kappa shape index (κ2) is 7.28. The van der Waals surface area contributed by atoms with Crippen molar-refractivity contribution in [2.75, 3.05) is 19.7 Å². The third-order valence-corrected chi connectivity index (χ3v) is 1.53. The molecule has 1 N–H and O–H groups in total. The lowest BCUT2D eigenvalue weighted by Crippen LogP contribution is -2.32. The molecule has 0 radical (unpaired) electrons. The summed E-state index contributed by atoms with van der Waals surface area (Å²) in [4.78, 5) is 5.26. The maximum Gasteiger partial charge on any atom is 0.0688 e. The van der Waals surface area contributed by atoms with E-state index in [1.165, 1.54) is 0 Å². The molecule has 72 valence electrons. The molecule has 0 saturated carbocycles. The monoisotopic (exact) mass is 173 g/mol. The van der Waals surface area contributed by atoms with E-state index in [0.29, 0.717) is 19.7 Å². The number of hydrogen-bond acceptors (Lipinski definition) is 3. The third-order valence-electron chi connectivity index (χ3n) is 1.53. The standard InChI is InChI=1S/C9H19NO2/c1-4-7-10(12-6-3)8-9(11)5-2/h4,9,11H,1,5-8H2,2-3H3. The first-order valence-corrected chi connectivity index (χ1v) is 4.41. The Morgan fingerprint density at radius 3 is 2.67 bits per heavy atom. The Morgan fingerprint density at radius 1 is 1.58 bits per heavy atom. The molecule has 1 atom stereocenters. The molecular formula is C9H19NO2. The molecule has 0 aliphatic rings. The predicted octanol–water partition coefficient (Wildman–Crippen LogP) is 1.20. The maximum absolute atomic E-state index is 9.33. The minimum absolute atomic E-state index is 0.309. The fourth-order valence-corrected chi connectivity index (χ4v) is 0.871. The third kappa shape index (κ3) is 5.29. The largest absolute Gasteiger partial charge is 0.392 e. The molecule has 0 amide bonds. The number of rotatable bonds is 7. The Morgan fingerprint density at radius 2 is 2.25 bits per heavy atom. The van der Waals surface area contributed by atoms with Gasteiger partial charge in [0, 0.05) is 6.54 Å². The first-order valence-electron chi connectivity index (χ1n) is 4.41. The summed E-state index contributed by atoms with van der Waals surface area (Å²) >= 11 is 0. The van der Waals surface area contributed by atoms with E-state index in [0.717, 1.165) is 6.42 Å². The molecule has 0 bridgehead atoms. The molecule has 12 heavy (non-hydrogen) atoms. The molecule has 0 spiro atoms. The van der Waals surface area contributed by atoms with Gasteiger partial charge in [-0.25, -0.2) is 0 Å². The van der Waals surface area contributed by atoms with Gasteiger partial charge in [0.05, 0.1) is 19.3 Å². The molecule has 0 rings (SSSR count). The summed E-state index contributed by atoms with van der Waals surface area (Å²) in [6.07, 6.45) is 2.20. The quantitative estimate of drug-likeness (QED) is 0.464. The lowest BCUT2D eigenvalue weighted by atomic mass is 10.3. The maximum atomic E-state index is 9.33. The fourth-order valence-electron chi connectivity index (χ4n) is 0.871. The van der Waals surface area contributed by atoms with Crippen molar-refractivity contribution in [3.05, 3.63) is 12.7 Å². The number of hydroxylamine groups is 2. The molecule has 0 aromatic rings. The summed E-state index contributed by atoms with van der Waals surface area (Å²) in [7, 11) is 0. The fraction of sp³-hybridized carbons (Fsp3) is 0.778. The highest BCUT2D eigenvalue weighted by atomic mass is 16.7. The van der Waals surface area contributed by atoms with Gasteiger partial charge in [0.25, 0.3) is 0 Å². The van der Waals surface area contributed by atoms with Crippen molar-refractivity contribution in [1.29, 1.82) is 0 Å². The molecule has 3 heteroatoms. The average molecular weight is 173 g/mol. The van der Waals surface area contributed by atoms with Gasteiger partial charge < -0.3 is 5.11 Å². The first-order chi connectivity index (χ1) is 5.74. The van der Waals surface area contributed by atoms with Crippen LogP contribution in [0.15, 0.2) is 12.7 Å². The highest BCUT2D eigenvalue weighted by Gasteiger charge is 2.07. The zero-order valence-corrected chi connectivity index (χ0v) is 7.99. The van der Waals surface area contributed by atoms with Gasteiger partial charge in [-0.05, 0) is 13.3 Å². The van der Waals surface area contributed by atoms with Crippen LogP contribution in [0.5, 0.6) is 0 Å². The smallest absolute Gasteiger partial charge is 0.0688 e. The van der Waals surface area contributed by atoms with Gasteiger partial charge in [-0.3, -0.25) is 4.84 Å². The van der Waals surface area contributed by atoms with Crippen molar-refractivity contribution in [1.82, 2.24) is 5.06 Å². The normalized spacial score (nSPS) is 13.3. The Balaban J connectivity index is 3.68. The zero-order chi connectivity index (χ0) is 9.40. The van der Waals surface area contributed by atoms with Crippen molar-refractivity contribution in [2.24, 2.45) is 0 Å². The van der Waals surface area contributed by atoms with Gasteiger partial charge in [-0.1, -0.05) is 13.0 Å². The van der Waals surface area contributed by atoms with Crippen LogP contribution in [0.4, 0.5) is 0 Å². The Hall–Kier alpha value is -0.380. The van der Waals surface area contributed by atoms with Gasteiger partial charge in [-0.15, -0.1) is 6.58 Å². The topological polar surface area (TPSA) is 32.7 Å². The molecule has 0 aliphatic carbocycles. The van der Waals surface area contributed by atoms with Crippen molar-refractivity contribution in [3.63, 3.8) is 0 Å². The van der Waals surface area contributed by atoms with Crippen molar-refractivity contribution >= 4 is 0 Å². The molecule has 0 fully saturated rings. The minimum Gasteiger partial charge on any atom is -0.392 e. The van der Waals surface area contributed by atoms with Crippen LogP contribution in [0.3, 0.4) is 0 Å².